The fourth-order valence-electron chi connectivity index (χ4n) is 1.54. The van der Waals surface area contributed by atoms with E-state index >= 15 is 0 Å². The number of carbonyl (C=O) groups excluding carboxylic acids is 1. The van der Waals surface area contributed by atoms with Gasteiger partial charge in [0.05, 0.1) is 18.6 Å². The van der Waals surface area contributed by atoms with Gasteiger partial charge in [-0.2, -0.15) is 5.26 Å². The molecule has 0 fully saturated rings. The van der Waals surface area contributed by atoms with Gasteiger partial charge in [0.15, 0.2) is 5.76 Å². The third-order valence-electron chi connectivity index (χ3n) is 2.49. The molecule has 0 atom stereocenters. The number of furan rings is 1. The molecule has 0 saturated heterocycles. The van der Waals surface area contributed by atoms with Gasteiger partial charge in [-0.25, -0.2) is 0 Å². The van der Waals surface area contributed by atoms with Crippen LogP contribution in [-0.2, 0) is 6.42 Å². The summed E-state index contributed by atoms with van der Waals surface area (Å²) < 4.78 is 4.79. The number of amides is 1. The Balaban J connectivity index is 2.07. The zero-order valence-corrected chi connectivity index (χ0v) is 10.2. The van der Waals surface area contributed by atoms with Crippen LogP contribution >= 0.6 is 0 Å². The first kappa shape index (κ1) is 13.3. The van der Waals surface area contributed by atoms with Crippen molar-refractivity contribution in [2.24, 2.45) is 0 Å². The summed E-state index contributed by atoms with van der Waals surface area (Å²) in [6, 6.07) is 11.1. The number of nitrogens with zero attached hydrogens (tertiary/aromatic N) is 2. The molecule has 1 aromatic carbocycles. The minimum atomic E-state index is -0.715. The van der Waals surface area contributed by atoms with Crippen LogP contribution in [0.2, 0.25) is 0 Å². The molecule has 1 N–H and O–H groups in total. The molecule has 7 heteroatoms. The second kappa shape index (κ2) is 5.67. The van der Waals surface area contributed by atoms with Gasteiger partial charge in [-0.15, -0.1) is 0 Å². The van der Waals surface area contributed by atoms with Gasteiger partial charge in [-0.3, -0.25) is 14.9 Å². The maximum absolute atomic E-state index is 11.8. The molecule has 100 valence electrons. The zero-order valence-electron chi connectivity index (χ0n) is 10.2. The first-order valence-corrected chi connectivity index (χ1v) is 5.61. The Bertz CT molecular complexity index is 682. The van der Waals surface area contributed by atoms with Crippen molar-refractivity contribution in [3.63, 3.8) is 0 Å². The summed E-state index contributed by atoms with van der Waals surface area (Å²) in [5, 5.41) is 21.5. The average Bonchev–Trinajstić information content (AvgIpc) is 2.91. The monoisotopic (exact) mass is 271 g/mol. The largest absolute Gasteiger partial charge is 0.433 e. The Morgan fingerprint density at radius 1 is 1.30 bits per heavy atom. The molecule has 0 spiro atoms. The Hall–Kier alpha value is -3.14. The maximum atomic E-state index is 11.8. The number of nitriles is 1. The fourth-order valence-corrected chi connectivity index (χ4v) is 1.54. The number of hydrogen-bond acceptors (Lipinski definition) is 5. The highest BCUT2D eigenvalue weighted by Gasteiger charge is 2.17. The van der Waals surface area contributed by atoms with Crippen molar-refractivity contribution in [1.29, 1.82) is 5.26 Å². The third-order valence-corrected chi connectivity index (χ3v) is 2.49. The van der Waals surface area contributed by atoms with Crippen LogP contribution in [0.1, 0.15) is 16.1 Å². The summed E-state index contributed by atoms with van der Waals surface area (Å²) >= 11 is 0. The van der Waals surface area contributed by atoms with E-state index in [9.17, 15) is 14.9 Å². The molecule has 1 amide bonds. The molecule has 1 heterocycles. The Labute approximate surface area is 113 Å². The highest BCUT2D eigenvalue weighted by atomic mass is 16.6. The molecule has 20 heavy (non-hydrogen) atoms. The average molecular weight is 271 g/mol. The molecule has 2 aromatic rings. The van der Waals surface area contributed by atoms with E-state index in [0.717, 1.165) is 11.6 Å². The summed E-state index contributed by atoms with van der Waals surface area (Å²) in [4.78, 5) is 21.5. The van der Waals surface area contributed by atoms with Crippen LogP contribution in [0.15, 0.2) is 40.8 Å². The number of carbonyl (C=O) groups is 1. The molecule has 0 saturated carbocycles. The van der Waals surface area contributed by atoms with Crippen molar-refractivity contribution in [2.75, 3.05) is 5.32 Å². The Morgan fingerprint density at radius 2 is 2.00 bits per heavy atom. The minimum Gasteiger partial charge on any atom is -0.395 e. The quantitative estimate of drug-likeness (QED) is 0.678. The predicted octanol–water partition coefficient (Wildman–Crippen LogP) is 2.51. The fraction of sp³-hybridized carbons (Fsp3) is 0.0769. The molecular weight excluding hydrogens is 262 g/mol. The summed E-state index contributed by atoms with van der Waals surface area (Å²) in [7, 11) is 0. The van der Waals surface area contributed by atoms with Gasteiger partial charge in [-0.1, -0.05) is 12.1 Å². The van der Waals surface area contributed by atoms with E-state index in [1.165, 1.54) is 6.07 Å². The van der Waals surface area contributed by atoms with Crippen LogP contribution in [-0.4, -0.2) is 10.8 Å². The summed E-state index contributed by atoms with van der Waals surface area (Å²) in [6.07, 6.45) is 0.290. The van der Waals surface area contributed by atoms with Crippen molar-refractivity contribution in [2.45, 2.75) is 6.42 Å². The highest BCUT2D eigenvalue weighted by Crippen LogP contribution is 2.17. The summed E-state index contributed by atoms with van der Waals surface area (Å²) in [5.41, 5.74) is 1.34. The van der Waals surface area contributed by atoms with E-state index in [0.29, 0.717) is 12.1 Å². The number of rotatable bonds is 4. The number of nitrogens with one attached hydrogen (secondary N) is 1. The summed E-state index contributed by atoms with van der Waals surface area (Å²) in [5.74, 6) is -1.21. The minimum absolute atomic E-state index is 0.141. The lowest BCUT2D eigenvalue weighted by Crippen LogP contribution is -2.10. The van der Waals surface area contributed by atoms with E-state index in [4.69, 9.17) is 9.68 Å². The van der Waals surface area contributed by atoms with Crippen LogP contribution in [0.4, 0.5) is 11.6 Å². The molecule has 0 aliphatic heterocycles. The second-order valence-corrected chi connectivity index (χ2v) is 3.88. The molecule has 0 unspecified atom stereocenters. The van der Waals surface area contributed by atoms with Crippen LogP contribution in [0, 0.1) is 21.4 Å². The van der Waals surface area contributed by atoms with E-state index < -0.39 is 16.7 Å². The van der Waals surface area contributed by atoms with Crippen molar-refractivity contribution < 1.29 is 14.1 Å². The molecule has 0 aliphatic rings. The number of anilines is 1. The van der Waals surface area contributed by atoms with Gasteiger partial charge < -0.3 is 9.73 Å². The number of benzene rings is 1. The third kappa shape index (κ3) is 3.00. The van der Waals surface area contributed by atoms with Crippen molar-refractivity contribution in [3.8, 4) is 6.07 Å². The van der Waals surface area contributed by atoms with Crippen molar-refractivity contribution in [3.05, 3.63) is 57.8 Å². The van der Waals surface area contributed by atoms with Crippen molar-refractivity contribution >= 4 is 17.5 Å². The first-order chi connectivity index (χ1) is 9.60. The van der Waals surface area contributed by atoms with Gasteiger partial charge >= 0.3 is 5.88 Å². The van der Waals surface area contributed by atoms with Crippen LogP contribution in [0.25, 0.3) is 0 Å². The lowest BCUT2D eigenvalue weighted by molar-refractivity contribution is -0.402. The zero-order chi connectivity index (χ0) is 14.5. The Kier molecular flexibility index (Phi) is 3.77. The highest BCUT2D eigenvalue weighted by molar-refractivity contribution is 6.02. The predicted molar refractivity (Wildman–Crippen MR) is 69.1 cm³/mol. The van der Waals surface area contributed by atoms with E-state index in [2.05, 4.69) is 5.32 Å². The van der Waals surface area contributed by atoms with E-state index in [1.54, 1.807) is 24.3 Å². The molecule has 1 aromatic heterocycles. The van der Waals surface area contributed by atoms with E-state index in [-0.39, 0.29) is 5.76 Å². The van der Waals surface area contributed by atoms with Gasteiger partial charge in [0.1, 0.15) is 4.92 Å². The molecule has 7 nitrogen and oxygen atoms in total. The van der Waals surface area contributed by atoms with Gasteiger partial charge in [0.2, 0.25) is 0 Å². The molecule has 2 rings (SSSR count). The van der Waals surface area contributed by atoms with Crippen molar-refractivity contribution in [1.82, 2.24) is 0 Å². The smallest absolute Gasteiger partial charge is 0.395 e. The van der Waals surface area contributed by atoms with Gasteiger partial charge in [0, 0.05) is 5.69 Å². The maximum Gasteiger partial charge on any atom is 0.433 e. The normalized spacial score (nSPS) is 9.75. The van der Waals surface area contributed by atoms with Crippen LogP contribution in [0.5, 0.6) is 0 Å². The topological polar surface area (TPSA) is 109 Å². The molecule has 0 bridgehead atoms. The summed E-state index contributed by atoms with van der Waals surface area (Å²) in [6.45, 7) is 0. The van der Waals surface area contributed by atoms with Gasteiger partial charge in [0.25, 0.3) is 5.91 Å². The molecule has 0 radical (unpaired) electrons. The molecular formula is C13H9N3O4. The van der Waals surface area contributed by atoms with E-state index in [1.807, 2.05) is 6.07 Å². The number of hydrogen-bond donors (Lipinski definition) is 1. The lowest BCUT2D eigenvalue weighted by atomic mass is 10.1. The Morgan fingerprint density at radius 3 is 2.55 bits per heavy atom. The standard InChI is InChI=1S/C13H9N3O4/c14-8-7-9-1-3-10(4-2-9)15-13(17)11-5-6-12(20-11)16(18)19/h1-6H,7H2,(H,15,17). The van der Waals surface area contributed by atoms with Crippen LogP contribution < -0.4 is 5.32 Å². The lowest BCUT2D eigenvalue weighted by Gasteiger charge is -2.03. The first-order valence-electron chi connectivity index (χ1n) is 5.61. The second-order valence-electron chi connectivity index (χ2n) is 3.88. The van der Waals surface area contributed by atoms with Crippen LogP contribution in [0.3, 0.4) is 0 Å². The van der Waals surface area contributed by atoms with Gasteiger partial charge in [-0.05, 0) is 23.8 Å². The molecule has 0 aliphatic carbocycles. The SMILES string of the molecule is N#CCc1ccc(NC(=O)c2ccc([N+](=O)[O-])o2)cc1. The number of nitro groups is 1.